The fourth-order valence-electron chi connectivity index (χ4n) is 3.20. The molecule has 0 aliphatic carbocycles. The average molecular weight is 493 g/mol. The molecular weight excluding hydrogens is 472 g/mol. The molecule has 35 heavy (non-hydrogen) atoms. The monoisotopic (exact) mass is 492 g/mol. The zero-order valence-corrected chi connectivity index (χ0v) is 19.6. The van der Waals surface area contributed by atoms with Crippen molar-refractivity contribution in [1.82, 2.24) is 4.90 Å². The average Bonchev–Trinajstić information content (AvgIpc) is 3.48. The van der Waals surface area contributed by atoms with Gasteiger partial charge in [0, 0.05) is 12.1 Å². The Morgan fingerprint density at radius 2 is 1.83 bits per heavy atom. The van der Waals surface area contributed by atoms with Crippen LogP contribution >= 0.6 is 11.8 Å². The Bertz CT molecular complexity index is 1320. The summed E-state index contributed by atoms with van der Waals surface area (Å²) in [5, 5.41) is 19.7. The van der Waals surface area contributed by atoms with E-state index in [1.165, 1.54) is 23.3 Å². The number of hydrogen-bond acceptors (Lipinski definition) is 9. The minimum Gasteiger partial charge on any atom is -0.493 e. The number of nitro benzene ring substituents is 1. The molecule has 0 N–H and O–H groups in total. The van der Waals surface area contributed by atoms with Crippen LogP contribution in [0.4, 0.5) is 5.69 Å². The maximum Gasteiger partial charge on any atom is 0.269 e. The molecule has 1 saturated heterocycles. The molecule has 0 bridgehead atoms. The molecular formula is C24H20N4O6S. The molecule has 2 heterocycles. The molecule has 1 aliphatic heterocycles. The van der Waals surface area contributed by atoms with E-state index in [1.54, 1.807) is 69.0 Å². The third kappa shape index (κ3) is 5.58. The van der Waals surface area contributed by atoms with Crippen molar-refractivity contribution >= 4 is 40.8 Å². The van der Waals surface area contributed by atoms with Gasteiger partial charge in [-0.3, -0.25) is 19.8 Å². The molecule has 1 aliphatic rings. The molecule has 1 fully saturated rings. The Morgan fingerprint density at radius 1 is 1.09 bits per heavy atom. The highest BCUT2D eigenvalue weighted by Gasteiger charge is 2.34. The van der Waals surface area contributed by atoms with Gasteiger partial charge in [0.15, 0.2) is 16.7 Å². The van der Waals surface area contributed by atoms with Crippen LogP contribution in [0.1, 0.15) is 16.9 Å². The van der Waals surface area contributed by atoms with Crippen LogP contribution < -0.4 is 9.47 Å². The first-order chi connectivity index (χ1) is 17.0. The number of thioether (sulfide) groups is 1. The molecule has 178 valence electrons. The second-order valence-electron chi connectivity index (χ2n) is 7.17. The highest BCUT2D eigenvalue weighted by atomic mass is 32.2. The van der Waals surface area contributed by atoms with E-state index in [-0.39, 0.29) is 18.1 Å². The maximum atomic E-state index is 13.1. The van der Waals surface area contributed by atoms with Gasteiger partial charge in [0.25, 0.3) is 11.6 Å². The first kappa shape index (κ1) is 23.8. The molecule has 0 saturated carbocycles. The van der Waals surface area contributed by atoms with Gasteiger partial charge in [0.05, 0.1) is 43.1 Å². The fourth-order valence-corrected chi connectivity index (χ4v) is 4.14. The zero-order valence-electron chi connectivity index (χ0n) is 18.8. The van der Waals surface area contributed by atoms with Crippen molar-refractivity contribution in [3.63, 3.8) is 0 Å². The van der Waals surface area contributed by atoms with Gasteiger partial charge < -0.3 is 13.9 Å². The van der Waals surface area contributed by atoms with Crippen LogP contribution in [0.5, 0.6) is 11.5 Å². The maximum absolute atomic E-state index is 13.1. The quantitative estimate of drug-likeness (QED) is 0.193. The van der Waals surface area contributed by atoms with Crippen LogP contribution in [0, 0.1) is 10.1 Å². The van der Waals surface area contributed by atoms with E-state index >= 15 is 0 Å². The van der Waals surface area contributed by atoms with Crippen molar-refractivity contribution in [2.45, 2.75) is 6.54 Å². The first-order valence-electron chi connectivity index (χ1n) is 10.3. The molecule has 10 nitrogen and oxygen atoms in total. The Balaban J connectivity index is 1.60. The zero-order chi connectivity index (χ0) is 24.8. The Hall–Kier alpha value is -4.38. The van der Waals surface area contributed by atoms with Crippen molar-refractivity contribution < 1.29 is 23.6 Å². The number of benzene rings is 2. The number of carbonyl (C=O) groups excluding carboxylic acids is 1. The Morgan fingerprint density at radius 3 is 2.49 bits per heavy atom. The molecule has 11 heteroatoms. The van der Waals surface area contributed by atoms with Crippen LogP contribution in [0.3, 0.4) is 0 Å². The summed E-state index contributed by atoms with van der Waals surface area (Å²) in [5.74, 6) is 1.47. The van der Waals surface area contributed by atoms with E-state index in [0.717, 1.165) is 17.3 Å². The number of nitrogens with zero attached hydrogens (tertiary/aromatic N) is 4. The number of carbonyl (C=O) groups is 1. The summed E-state index contributed by atoms with van der Waals surface area (Å²) in [6.07, 6.45) is 4.73. The molecule has 0 atom stereocenters. The van der Waals surface area contributed by atoms with E-state index in [9.17, 15) is 14.9 Å². The summed E-state index contributed by atoms with van der Waals surface area (Å²) >= 11 is 1.16. The highest BCUT2D eigenvalue weighted by Crippen LogP contribution is 2.34. The fraction of sp³-hybridized carbons (Fsp3) is 0.125. The smallest absolute Gasteiger partial charge is 0.269 e. The third-order valence-corrected chi connectivity index (χ3v) is 5.94. The Labute approximate surface area is 204 Å². The summed E-state index contributed by atoms with van der Waals surface area (Å²) in [5.41, 5.74) is 1.36. The lowest BCUT2D eigenvalue weighted by Crippen LogP contribution is -2.28. The molecule has 0 unspecified atom stereocenters. The third-order valence-electron chi connectivity index (χ3n) is 4.94. The minimum atomic E-state index is -0.474. The van der Waals surface area contributed by atoms with Crippen LogP contribution in [0.15, 0.2) is 80.4 Å². The normalized spacial score (nSPS) is 15.9. The van der Waals surface area contributed by atoms with Gasteiger partial charge >= 0.3 is 0 Å². The van der Waals surface area contributed by atoms with Crippen molar-refractivity contribution in [2.75, 3.05) is 14.2 Å². The van der Waals surface area contributed by atoms with Crippen LogP contribution in [-0.4, -0.2) is 41.3 Å². The number of amidine groups is 1. The Kier molecular flexibility index (Phi) is 7.27. The lowest BCUT2D eigenvalue weighted by molar-refractivity contribution is -0.384. The van der Waals surface area contributed by atoms with E-state index in [1.807, 2.05) is 0 Å². The van der Waals surface area contributed by atoms with Gasteiger partial charge in [-0.05, 0) is 71.4 Å². The number of ether oxygens (including phenoxy) is 2. The van der Waals surface area contributed by atoms with Crippen LogP contribution in [0.2, 0.25) is 0 Å². The van der Waals surface area contributed by atoms with Gasteiger partial charge in [0.2, 0.25) is 0 Å². The predicted octanol–water partition coefficient (Wildman–Crippen LogP) is 4.71. The first-order valence-corrected chi connectivity index (χ1v) is 11.1. The molecule has 1 amide bonds. The van der Waals surface area contributed by atoms with E-state index in [0.29, 0.717) is 32.9 Å². The molecule has 2 aromatic carbocycles. The number of methoxy groups -OCH3 is 2. The van der Waals surface area contributed by atoms with Crippen LogP contribution in [-0.2, 0) is 11.3 Å². The van der Waals surface area contributed by atoms with Gasteiger partial charge in [-0.15, -0.1) is 5.10 Å². The van der Waals surface area contributed by atoms with E-state index in [4.69, 9.17) is 13.9 Å². The second kappa shape index (κ2) is 10.7. The van der Waals surface area contributed by atoms with Crippen LogP contribution in [0.25, 0.3) is 6.08 Å². The predicted molar refractivity (Wildman–Crippen MR) is 132 cm³/mol. The van der Waals surface area contributed by atoms with Gasteiger partial charge in [0.1, 0.15) is 5.76 Å². The summed E-state index contributed by atoms with van der Waals surface area (Å²) in [6, 6.07) is 14.8. The largest absolute Gasteiger partial charge is 0.493 e. The van der Waals surface area contributed by atoms with Gasteiger partial charge in [-0.2, -0.15) is 5.10 Å². The number of non-ortho nitro benzene ring substituents is 1. The summed E-state index contributed by atoms with van der Waals surface area (Å²) in [7, 11) is 3.10. The summed E-state index contributed by atoms with van der Waals surface area (Å²) in [4.78, 5) is 25.4. The number of furan rings is 1. The molecule has 4 rings (SSSR count). The molecule has 1 aromatic heterocycles. The molecule has 0 radical (unpaired) electrons. The molecule has 3 aromatic rings. The van der Waals surface area contributed by atoms with Crippen molar-refractivity contribution in [1.29, 1.82) is 0 Å². The van der Waals surface area contributed by atoms with E-state index in [2.05, 4.69) is 10.2 Å². The SMILES string of the molecule is COc1ccc(/C=N/N=C2\S/C(=C\c3ccc([N+](=O)[O-])cc3)C(=O)N2Cc2ccco2)cc1OC. The summed E-state index contributed by atoms with van der Waals surface area (Å²) < 4.78 is 15.9. The second-order valence-corrected chi connectivity index (χ2v) is 8.18. The van der Waals surface area contributed by atoms with Crippen molar-refractivity contribution in [2.24, 2.45) is 10.2 Å². The lowest BCUT2D eigenvalue weighted by atomic mass is 10.2. The number of hydrogen-bond donors (Lipinski definition) is 0. The van der Waals surface area contributed by atoms with Gasteiger partial charge in [-0.25, -0.2) is 0 Å². The standard InChI is InChI=1S/C24H20N4O6S/c1-32-20-10-7-17(12-21(20)33-2)14-25-26-24-27(15-19-4-3-11-34-19)23(29)22(35-24)13-16-5-8-18(9-6-16)28(30)31/h3-14H,15H2,1-2H3/b22-13-,25-14+,26-24-. The number of rotatable bonds is 8. The lowest BCUT2D eigenvalue weighted by Gasteiger charge is -2.12. The topological polar surface area (TPSA) is 120 Å². The minimum absolute atomic E-state index is 0.0243. The van der Waals surface area contributed by atoms with Crippen molar-refractivity contribution in [3.8, 4) is 11.5 Å². The summed E-state index contributed by atoms with van der Waals surface area (Å²) in [6.45, 7) is 0.182. The number of amides is 1. The van der Waals surface area contributed by atoms with Gasteiger partial charge in [-0.1, -0.05) is 0 Å². The van der Waals surface area contributed by atoms with E-state index < -0.39 is 4.92 Å². The van der Waals surface area contributed by atoms with Crippen molar-refractivity contribution in [3.05, 3.63) is 92.8 Å². The highest BCUT2D eigenvalue weighted by molar-refractivity contribution is 8.18. The molecule has 0 spiro atoms. The number of nitro groups is 1.